The maximum Gasteiger partial charge on any atom is 0.243 e. The fourth-order valence-electron chi connectivity index (χ4n) is 2.15. The molecule has 0 aromatic heterocycles. The van der Waals surface area contributed by atoms with Crippen molar-refractivity contribution in [2.24, 2.45) is 10.9 Å². The Balaban J connectivity index is 2.61. The van der Waals surface area contributed by atoms with Crippen molar-refractivity contribution < 1.29 is 14.3 Å². The van der Waals surface area contributed by atoms with E-state index in [2.05, 4.69) is 29.5 Å². The molecule has 1 rings (SSSR count). The summed E-state index contributed by atoms with van der Waals surface area (Å²) in [5.41, 5.74) is 0.871. The zero-order chi connectivity index (χ0) is 20.9. The van der Waals surface area contributed by atoms with E-state index in [0.29, 0.717) is 25.0 Å². The average molecular weight is 393 g/mol. The first-order chi connectivity index (χ1) is 13.3. The van der Waals surface area contributed by atoms with Gasteiger partial charge in [-0.1, -0.05) is 13.8 Å². The minimum Gasteiger partial charge on any atom is -0.491 e. The normalized spacial score (nSPS) is 11.6. The number of aliphatic imine (C=N–C) groups is 1. The first-order valence-corrected chi connectivity index (χ1v) is 9.88. The van der Waals surface area contributed by atoms with Crippen LogP contribution in [0.3, 0.4) is 0 Å². The number of guanidine groups is 1. The van der Waals surface area contributed by atoms with E-state index in [-0.39, 0.29) is 18.6 Å². The summed E-state index contributed by atoms with van der Waals surface area (Å²) in [5.74, 6) is 1.86. The number of amides is 1. The second-order valence-electron chi connectivity index (χ2n) is 7.52. The van der Waals surface area contributed by atoms with Crippen LogP contribution in [0, 0.1) is 5.92 Å². The van der Waals surface area contributed by atoms with Crippen molar-refractivity contribution in [1.82, 2.24) is 10.2 Å². The minimum absolute atomic E-state index is 0.0537. The predicted octanol–water partition coefficient (Wildman–Crippen LogP) is 2.98. The van der Waals surface area contributed by atoms with Crippen molar-refractivity contribution in [2.45, 2.75) is 40.2 Å². The lowest BCUT2D eigenvalue weighted by atomic mass is 10.2. The molecule has 0 atom stereocenters. The van der Waals surface area contributed by atoms with E-state index in [1.165, 1.54) is 4.90 Å². The summed E-state index contributed by atoms with van der Waals surface area (Å²) in [5, 5.41) is 6.49. The largest absolute Gasteiger partial charge is 0.491 e. The molecular formula is C21H36N4O3. The maximum atomic E-state index is 11.9. The third-order valence-corrected chi connectivity index (χ3v) is 3.57. The molecule has 1 aromatic rings. The summed E-state index contributed by atoms with van der Waals surface area (Å²) in [6, 6.07) is 7.66. The van der Waals surface area contributed by atoms with Gasteiger partial charge in [0, 0.05) is 39.5 Å². The van der Waals surface area contributed by atoms with Crippen molar-refractivity contribution >= 4 is 17.6 Å². The van der Waals surface area contributed by atoms with Gasteiger partial charge in [0.1, 0.15) is 12.3 Å². The molecule has 0 aliphatic heterocycles. The quantitative estimate of drug-likeness (QED) is 0.344. The number of carbonyl (C=O) groups is 1. The standard InChI is InChI=1S/C21H36N4O3/c1-16(2)15-27-13-7-12-22-21(23-14-20(26)25(5)6)24-18-8-10-19(11-9-18)28-17(3)4/h8-11,16-17H,7,12-15H2,1-6H3,(H2,22,23,24). The Morgan fingerprint density at radius 1 is 1.14 bits per heavy atom. The van der Waals surface area contributed by atoms with Gasteiger partial charge in [-0.05, 0) is 50.5 Å². The van der Waals surface area contributed by atoms with E-state index in [0.717, 1.165) is 24.5 Å². The number of nitrogens with one attached hydrogen (secondary N) is 2. The number of likely N-dealkylation sites (N-methyl/N-ethyl adjacent to an activating group) is 1. The van der Waals surface area contributed by atoms with Gasteiger partial charge in [-0.2, -0.15) is 0 Å². The topological polar surface area (TPSA) is 75.2 Å². The van der Waals surface area contributed by atoms with Crippen molar-refractivity contribution in [2.75, 3.05) is 45.7 Å². The number of rotatable bonds is 11. The van der Waals surface area contributed by atoms with E-state index in [1.54, 1.807) is 14.1 Å². The molecule has 7 heteroatoms. The van der Waals surface area contributed by atoms with Gasteiger partial charge in [0.05, 0.1) is 6.10 Å². The second-order valence-corrected chi connectivity index (χ2v) is 7.52. The third kappa shape index (κ3) is 10.8. The monoisotopic (exact) mass is 392 g/mol. The summed E-state index contributed by atoms with van der Waals surface area (Å²) in [6.07, 6.45) is 0.989. The molecule has 1 amide bonds. The Bertz CT molecular complexity index is 598. The second kappa shape index (κ2) is 13.0. The Morgan fingerprint density at radius 3 is 2.39 bits per heavy atom. The van der Waals surface area contributed by atoms with Crippen LogP contribution in [0.1, 0.15) is 34.1 Å². The van der Waals surface area contributed by atoms with Crippen molar-refractivity contribution in [3.05, 3.63) is 24.3 Å². The van der Waals surface area contributed by atoms with Gasteiger partial charge >= 0.3 is 0 Å². The van der Waals surface area contributed by atoms with Crippen LogP contribution in [-0.2, 0) is 9.53 Å². The van der Waals surface area contributed by atoms with Gasteiger partial charge in [0.15, 0.2) is 5.96 Å². The lowest BCUT2D eigenvalue weighted by Gasteiger charge is -2.15. The van der Waals surface area contributed by atoms with Crippen LogP contribution in [0.2, 0.25) is 0 Å². The molecule has 0 unspecified atom stereocenters. The molecule has 0 saturated heterocycles. The van der Waals surface area contributed by atoms with Gasteiger partial charge in [0.25, 0.3) is 0 Å². The van der Waals surface area contributed by atoms with Gasteiger partial charge in [0.2, 0.25) is 5.91 Å². The molecule has 0 heterocycles. The van der Waals surface area contributed by atoms with E-state index in [1.807, 2.05) is 38.1 Å². The highest BCUT2D eigenvalue weighted by atomic mass is 16.5. The molecule has 158 valence electrons. The number of ether oxygens (including phenoxy) is 2. The first kappa shape index (κ1) is 23.8. The van der Waals surface area contributed by atoms with Crippen LogP contribution >= 0.6 is 0 Å². The van der Waals surface area contributed by atoms with Crippen LogP contribution in [0.4, 0.5) is 5.69 Å². The Kier molecular flexibility index (Phi) is 11.0. The molecule has 28 heavy (non-hydrogen) atoms. The summed E-state index contributed by atoms with van der Waals surface area (Å²) >= 11 is 0. The van der Waals surface area contributed by atoms with Gasteiger partial charge in [-0.25, -0.2) is 4.99 Å². The lowest BCUT2D eigenvalue weighted by Crippen LogP contribution is -2.34. The van der Waals surface area contributed by atoms with Crippen LogP contribution in [0.25, 0.3) is 0 Å². The van der Waals surface area contributed by atoms with Crippen molar-refractivity contribution in [3.63, 3.8) is 0 Å². The number of nitrogens with zero attached hydrogens (tertiary/aromatic N) is 2. The van der Waals surface area contributed by atoms with E-state index in [9.17, 15) is 4.79 Å². The van der Waals surface area contributed by atoms with Crippen molar-refractivity contribution in [3.8, 4) is 5.75 Å². The number of hydrogen-bond donors (Lipinski definition) is 2. The number of anilines is 1. The number of hydrogen-bond acceptors (Lipinski definition) is 4. The smallest absolute Gasteiger partial charge is 0.243 e. The average Bonchev–Trinajstić information content (AvgIpc) is 2.62. The first-order valence-electron chi connectivity index (χ1n) is 9.88. The summed E-state index contributed by atoms with van der Waals surface area (Å²) in [7, 11) is 3.44. The highest BCUT2D eigenvalue weighted by Crippen LogP contribution is 2.16. The molecule has 1 aromatic carbocycles. The van der Waals surface area contributed by atoms with Crippen LogP contribution in [0.15, 0.2) is 29.3 Å². The molecule has 0 fully saturated rings. The summed E-state index contributed by atoms with van der Waals surface area (Å²) in [6.45, 7) is 10.5. The van der Waals surface area contributed by atoms with Gasteiger partial charge < -0.3 is 25.0 Å². The van der Waals surface area contributed by atoms with E-state index >= 15 is 0 Å². The van der Waals surface area contributed by atoms with E-state index in [4.69, 9.17) is 9.47 Å². The maximum absolute atomic E-state index is 11.9. The molecule has 0 aliphatic carbocycles. The molecule has 2 N–H and O–H groups in total. The fourth-order valence-corrected chi connectivity index (χ4v) is 2.15. The molecule has 0 spiro atoms. The van der Waals surface area contributed by atoms with Gasteiger partial charge in [-0.3, -0.25) is 4.79 Å². The highest BCUT2D eigenvalue weighted by Gasteiger charge is 2.06. The van der Waals surface area contributed by atoms with Crippen LogP contribution < -0.4 is 15.4 Å². The molecule has 0 aliphatic rings. The Labute approximate surface area is 169 Å². The fraction of sp³-hybridized carbons (Fsp3) is 0.619. The predicted molar refractivity (Wildman–Crippen MR) is 115 cm³/mol. The van der Waals surface area contributed by atoms with Crippen molar-refractivity contribution in [1.29, 1.82) is 0 Å². The minimum atomic E-state index is -0.0537. The zero-order valence-electron chi connectivity index (χ0n) is 18.1. The molecule has 0 radical (unpaired) electrons. The summed E-state index contributed by atoms with van der Waals surface area (Å²) in [4.78, 5) is 17.8. The van der Waals surface area contributed by atoms with Crippen LogP contribution in [0.5, 0.6) is 5.75 Å². The highest BCUT2D eigenvalue weighted by molar-refractivity contribution is 5.95. The van der Waals surface area contributed by atoms with Gasteiger partial charge in [-0.15, -0.1) is 0 Å². The Morgan fingerprint density at radius 2 is 1.82 bits per heavy atom. The lowest BCUT2D eigenvalue weighted by molar-refractivity contribution is -0.127. The third-order valence-electron chi connectivity index (χ3n) is 3.57. The molecule has 0 bridgehead atoms. The summed E-state index contributed by atoms with van der Waals surface area (Å²) < 4.78 is 11.3. The van der Waals surface area contributed by atoms with E-state index < -0.39 is 0 Å². The number of carbonyl (C=O) groups excluding carboxylic acids is 1. The molecular weight excluding hydrogens is 356 g/mol. The Hall–Kier alpha value is -2.28. The number of benzene rings is 1. The molecule has 7 nitrogen and oxygen atoms in total. The SMILES string of the molecule is CC(C)COCCCNC(=NCC(=O)N(C)C)Nc1ccc(OC(C)C)cc1. The van der Waals surface area contributed by atoms with Crippen LogP contribution in [-0.4, -0.2) is 63.3 Å². The zero-order valence-corrected chi connectivity index (χ0v) is 18.1. The molecule has 0 saturated carbocycles.